The lowest BCUT2D eigenvalue weighted by molar-refractivity contribution is 0.797. The number of hydrogen-bond donors (Lipinski definition) is 0. The van der Waals surface area contributed by atoms with E-state index >= 15 is 0 Å². The maximum absolute atomic E-state index is 5.10. The van der Waals surface area contributed by atoms with Gasteiger partial charge in [-0.15, -0.1) is 0 Å². The number of benzene rings is 2. The highest BCUT2D eigenvalue weighted by atomic mass is 15.4. The average molecular weight is 427 g/mol. The van der Waals surface area contributed by atoms with Crippen LogP contribution in [0.25, 0.3) is 17.1 Å². The van der Waals surface area contributed by atoms with Crippen LogP contribution in [0.2, 0.25) is 0 Å². The van der Waals surface area contributed by atoms with Crippen LogP contribution >= 0.6 is 0 Å². The van der Waals surface area contributed by atoms with Gasteiger partial charge in [0, 0.05) is 28.6 Å². The maximum Gasteiger partial charge on any atom is 0.160 e. The van der Waals surface area contributed by atoms with Gasteiger partial charge in [0.1, 0.15) is 0 Å². The summed E-state index contributed by atoms with van der Waals surface area (Å²) in [4.78, 5) is 15.0. The molecule has 1 saturated heterocycles. The van der Waals surface area contributed by atoms with E-state index in [1.165, 1.54) is 28.1 Å². The van der Waals surface area contributed by atoms with Crippen LogP contribution in [-0.2, 0) is 0 Å². The molecule has 0 N–H and O–H groups in total. The van der Waals surface area contributed by atoms with E-state index in [2.05, 4.69) is 89.6 Å². The topological polar surface area (TPSA) is 32.0 Å². The highest BCUT2D eigenvalue weighted by Crippen LogP contribution is 2.52. The largest absolute Gasteiger partial charge is 0.353 e. The predicted molar refractivity (Wildman–Crippen MR) is 134 cm³/mol. The van der Waals surface area contributed by atoms with Crippen LogP contribution in [0.1, 0.15) is 30.5 Å². The number of nitrogens with zero attached hydrogens (tertiary/aromatic N) is 4. The molecular weight excluding hydrogens is 404 g/mol. The Balaban J connectivity index is 1.31. The van der Waals surface area contributed by atoms with E-state index in [9.17, 15) is 0 Å². The smallest absolute Gasteiger partial charge is 0.160 e. The third-order valence-electron chi connectivity index (χ3n) is 7.53. The van der Waals surface area contributed by atoms with Gasteiger partial charge in [0.05, 0.1) is 28.8 Å². The van der Waals surface area contributed by atoms with Crippen molar-refractivity contribution in [2.24, 2.45) is 0 Å². The standard InChI is InChI=1S/C29H22N4/c1-17-10-12-26-28-19(14-17)15-18-16-20(11-13-24(18)33(26)28)32-25-9-5-2-6-21(25)27-29(32)31-23-8-4-3-7-22(23)30-27/h2-5,7-16,21,26,28H,6H2,1H3. The molecular formula is C29H22N4. The van der Waals surface area contributed by atoms with Gasteiger partial charge < -0.3 is 4.90 Å². The van der Waals surface area contributed by atoms with Crippen molar-refractivity contribution in [3.63, 3.8) is 0 Å². The van der Waals surface area contributed by atoms with Crippen molar-refractivity contribution in [3.8, 4) is 0 Å². The van der Waals surface area contributed by atoms with Crippen LogP contribution in [-0.4, -0.2) is 22.1 Å². The fraction of sp³-hybridized carbons (Fsp3) is 0.172. The molecule has 5 aliphatic rings. The van der Waals surface area contributed by atoms with Crippen molar-refractivity contribution >= 4 is 34.3 Å². The number of fused-ring (bicyclic) bond motifs is 7. The first kappa shape index (κ1) is 17.6. The normalized spacial score (nSPS) is 25.5. The van der Waals surface area contributed by atoms with E-state index in [0.717, 1.165) is 34.7 Å². The Morgan fingerprint density at radius 1 is 1.00 bits per heavy atom. The summed E-state index contributed by atoms with van der Waals surface area (Å²) in [5.74, 6) is 1.22. The molecule has 0 amide bonds. The van der Waals surface area contributed by atoms with E-state index < -0.39 is 0 Å². The summed E-state index contributed by atoms with van der Waals surface area (Å²) >= 11 is 0. The first-order valence-corrected chi connectivity index (χ1v) is 11.7. The predicted octanol–water partition coefficient (Wildman–Crippen LogP) is 6.18. The fourth-order valence-corrected chi connectivity index (χ4v) is 6.00. The molecule has 4 heteroatoms. The number of hydrogen-bond acceptors (Lipinski definition) is 4. The molecule has 0 spiro atoms. The second-order valence-electron chi connectivity index (χ2n) is 9.54. The first-order valence-electron chi connectivity index (χ1n) is 11.7. The highest BCUT2D eigenvalue weighted by Gasteiger charge is 2.51. The molecule has 33 heavy (non-hydrogen) atoms. The van der Waals surface area contributed by atoms with Gasteiger partial charge in [-0.1, -0.05) is 48.1 Å². The van der Waals surface area contributed by atoms with Crippen LogP contribution in [0.15, 0.2) is 95.8 Å². The molecule has 1 aromatic heterocycles. The molecule has 8 rings (SSSR count). The molecule has 2 aromatic carbocycles. The molecule has 0 radical (unpaired) electrons. The molecule has 2 aliphatic carbocycles. The van der Waals surface area contributed by atoms with Crippen molar-refractivity contribution in [1.29, 1.82) is 0 Å². The summed E-state index contributed by atoms with van der Waals surface area (Å²) in [5, 5.41) is 0. The third-order valence-corrected chi connectivity index (χ3v) is 7.53. The molecule has 4 nitrogen and oxygen atoms in total. The minimum Gasteiger partial charge on any atom is -0.353 e. The molecule has 3 aromatic rings. The van der Waals surface area contributed by atoms with Crippen LogP contribution < -0.4 is 9.80 Å². The summed E-state index contributed by atoms with van der Waals surface area (Å²) in [6, 6.07) is 16.0. The zero-order valence-corrected chi connectivity index (χ0v) is 18.3. The minimum absolute atomic E-state index is 0.256. The minimum atomic E-state index is 0.256. The van der Waals surface area contributed by atoms with Gasteiger partial charge in [-0.2, -0.15) is 0 Å². The van der Waals surface area contributed by atoms with Gasteiger partial charge in [-0.25, -0.2) is 9.97 Å². The number of para-hydroxylation sites is 2. The Hall–Kier alpha value is -3.92. The van der Waals surface area contributed by atoms with Crippen LogP contribution in [0.4, 0.5) is 17.2 Å². The Morgan fingerprint density at radius 2 is 1.88 bits per heavy atom. The molecule has 3 unspecified atom stereocenters. The van der Waals surface area contributed by atoms with Crippen LogP contribution in [0.5, 0.6) is 0 Å². The average Bonchev–Trinajstić information content (AvgIpc) is 3.52. The van der Waals surface area contributed by atoms with E-state index in [-0.39, 0.29) is 5.92 Å². The van der Waals surface area contributed by atoms with E-state index in [1.54, 1.807) is 0 Å². The Kier molecular flexibility index (Phi) is 3.26. The van der Waals surface area contributed by atoms with E-state index in [0.29, 0.717) is 12.1 Å². The number of rotatable bonds is 1. The van der Waals surface area contributed by atoms with Crippen molar-refractivity contribution < 1.29 is 0 Å². The highest BCUT2D eigenvalue weighted by molar-refractivity contribution is 5.88. The summed E-state index contributed by atoms with van der Waals surface area (Å²) in [5.41, 5.74) is 10.8. The summed E-state index contributed by atoms with van der Waals surface area (Å²) < 4.78 is 0. The van der Waals surface area contributed by atoms with Gasteiger partial charge in [-0.3, -0.25) is 4.90 Å². The molecule has 158 valence electrons. The van der Waals surface area contributed by atoms with Crippen molar-refractivity contribution in [2.75, 3.05) is 9.80 Å². The van der Waals surface area contributed by atoms with Crippen molar-refractivity contribution in [2.45, 2.75) is 31.3 Å². The Morgan fingerprint density at radius 3 is 2.79 bits per heavy atom. The summed E-state index contributed by atoms with van der Waals surface area (Å²) in [7, 11) is 0. The maximum atomic E-state index is 5.10. The summed E-state index contributed by atoms with van der Waals surface area (Å²) in [6.45, 7) is 2.19. The fourth-order valence-electron chi connectivity index (χ4n) is 6.00. The molecule has 4 heterocycles. The van der Waals surface area contributed by atoms with Crippen LogP contribution in [0, 0.1) is 0 Å². The second-order valence-corrected chi connectivity index (χ2v) is 9.54. The van der Waals surface area contributed by atoms with E-state index in [4.69, 9.17) is 9.97 Å². The first-order chi connectivity index (χ1) is 16.3. The van der Waals surface area contributed by atoms with Gasteiger partial charge >= 0.3 is 0 Å². The lowest BCUT2D eigenvalue weighted by Crippen LogP contribution is -2.16. The van der Waals surface area contributed by atoms with Gasteiger partial charge in [0.25, 0.3) is 0 Å². The SMILES string of the molecule is CC1=CC2=Cc3cc(N4C5=CC=CCC5c5nc6ccccc6nc54)ccc3N3C(C=C1)C23. The van der Waals surface area contributed by atoms with Gasteiger partial charge in [0.2, 0.25) is 0 Å². The molecule has 0 saturated carbocycles. The lowest BCUT2D eigenvalue weighted by Gasteiger charge is -2.25. The van der Waals surface area contributed by atoms with Crippen molar-refractivity contribution in [3.05, 3.63) is 107 Å². The Bertz CT molecular complexity index is 1540. The van der Waals surface area contributed by atoms with Gasteiger partial charge in [-0.05, 0) is 61.4 Å². The number of aromatic nitrogens is 2. The lowest BCUT2D eigenvalue weighted by atomic mass is 9.96. The molecule has 0 bridgehead atoms. The molecule has 3 atom stereocenters. The van der Waals surface area contributed by atoms with Gasteiger partial charge in [0.15, 0.2) is 5.82 Å². The quantitative estimate of drug-likeness (QED) is 0.435. The van der Waals surface area contributed by atoms with Crippen LogP contribution in [0.3, 0.4) is 0 Å². The van der Waals surface area contributed by atoms with Crippen molar-refractivity contribution in [1.82, 2.24) is 9.97 Å². The molecule has 3 aliphatic heterocycles. The second kappa shape index (κ2) is 6.10. The zero-order valence-electron chi connectivity index (χ0n) is 18.3. The number of anilines is 3. The zero-order chi connectivity index (χ0) is 21.7. The summed E-state index contributed by atoms with van der Waals surface area (Å²) in [6.07, 6.45) is 16.9. The third kappa shape index (κ3) is 2.35. The number of allylic oxidation sites excluding steroid dienone is 6. The van der Waals surface area contributed by atoms with E-state index in [1.807, 2.05) is 12.1 Å². The molecule has 1 fully saturated rings. The monoisotopic (exact) mass is 426 g/mol. The Labute approximate surface area is 192 Å².